The lowest BCUT2D eigenvalue weighted by Gasteiger charge is -2.20. The summed E-state index contributed by atoms with van der Waals surface area (Å²) in [6.45, 7) is 6.68. The van der Waals surface area contributed by atoms with Crippen LogP contribution in [0, 0.1) is 0 Å². The topological polar surface area (TPSA) is 49.8 Å². The molecule has 0 spiro atoms. The van der Waals surface area contributed by atoms with E-state index in [2.05, 4.69) is 18.7 Å². The monoisotopic (exact) mass is 201 g/mol. The Balaban J connectivity index is 2.13. The Labute approximate surface area is 84.8 Å². The van der Waals surface area contributed by atoms with Crippen LogP contribution < -0.4 is 0 Å². The van der Waals surface area contributed by atoms with E-state index >= 15 is 0 Å². The fourth-order valence-electron chi connectivity index (χ4n) is 1.67. The van der Waals surface area contributed by atoms with Crippen molar-refractivity contribution in [3.8, 4) is 0 Å². The van der Waals surface area contributed by atoms with Crippen LogP contribution in [0.4, 0.5) is 0 Å². The molecule has 0 unspecified atom stereocenters. The molecule has 1 rings (SSSR count). The smallest absolute Gasteiger partial charge is 0.305 e. The highest BCUT2D eigenvalue weighted by molar-refractivity contribution is 5.66. The van der Waals surface area contributed by atoms with Crippen molar-refractivity contribution in [1.29, 1.82) is 0 Å². The highest BCUT2D eigenvalue weighted by Gasteiger charge is 2.24. The van der Waals surface area contributed by atoms with Crippen molar-refractivity contribution in [3.63, 3.8) is 0 Å². The summed E-state index contributed by atoms with van der Waals surface area (Å²) in [6.07, 6.45) is 1.37. The summed E-state index contributed by atoms with van der Waals surface area (Å²) < 4.78 is 5.47. The van der Waals surface area contributed by atoms with E-state index in [9.17, 15) is 4.79 Å². The molecule has 1 heterocycles. The number of nitrogens with zero attached hydrogens (tertiary/aromatic N) is 1. The molecule has 1 aliphatic rings. The van der Waals surface area contributed by atoms with Gasteiger partial charge in [-0.2, -0.15) is 0 Å². The number of ether oxygens (including phenoxy) is 1. The molecule has 0 bridgehead atoms. The molecule has 82 valence electrons. The van der Waals surface area contributed by atoms with E-state index in [1.807, 2.05) is 0 Å². The first-order chi connectivity index (χ1) is 6.59. The molecular weight excluding hydrogens is 182 g/mol. The zero-order valence-electron chi connectivity index (χ0n) is 8.90. The predicted molar refractivity (Wildman–Crippen MR) is 53.3 cm³/mol. The maximum atomic E-state index is 10.3. The lowest BCUT2D eigenvalue weighted by Crippen LogP contribution is -2.30. The Kier molecular flexibility index (Phi) is 4.35. The molecule has 14 heavy (non-hydrogen) atoms. The quantitative estimate of drug-likeness (QED) is 0.719. The average Bonchev–Trinajstić information content (AvgIpc) is 2.52. The van der Waals surface area contributed by atoms with Crippen LogP contribution in [0.5, 0.6) is 0 Å². The second-order valence-electron chi connectivity index (χ2n) is 4.01. The SMILES string of the molecule is CC(C)N1CC[C@@H](OCCC(=O)O)C1. The lowest BCUT2D eigenvalue weighted by atomic mass is 10.3. The fraction of sp³-hybridized carbons (Fsp3) is 0.900. The van der Waals surface area contributed by atoms with Crippen LogP contribution in [-0.2, 0) is 9.53 Å². The summed E-state index contributed by atoms with van der Waals surface area (Å²) in [5.74, 6) is -0.788. The minimum absolute atomic E-state index is 0.109. The van der Waals surface area contributed by atoms with E-state index in [1.54, 1.807) is 0 Å². The first kappa shape index (κ1) is 11.5. The number of carbonyl (C=O) groups is 1. The van der Waals surface area contributed by atoms with Gasteiger partial charge in [0.15, 0.2) is 0 Å². The Hall–Kier alpha value is -0.610. The van der Waals surface area contributed by atoms with Crippen molar-refractivity contribution in [2.45, 2.75) is 38.8 Å². The van der Waals surface area contributed by atoms with E-state index < -0.39 is 5.97 Å². The average molecular weight is 201 g/mol. The van der Waals surface area contributed by atoms with E-state index in [4.69, 9.17) is 9.84 Å². The Morgan fingerprint density at radius 3 is 2.86 bits per heavy atom. The zero-order valence-corrected chi connectivity index (χ0v) is 8.90. The molecule has 1 aliphatic heterocycles. The normalized spacial score (nSPS) is 23.2. The molecule has 0 aromatic heterocycles. The van der Waals surface area contributed by atoms with E-state index in [0.717, 1.165) is 19.5 Å². The maximum absolute atomic E-state index is 10.3. The van der Waals surface area contributed by atoms with Gasteiger partial charge in [0.1, 0.15) is 0 Å². The second-order valence-corrected chi connectivity index (χ2v) is 4.01. The van der Waals surface area contributed by atoms with Crippen molar-refractivity contribution in [3.05, 3.63) is 0 Å². The third-order valence-corrected chi connectivity index (χ3v) is 2.58. The second kappa shape index (κ2) is 5.32. The van der Waals surface area contributed by atoms with Gasteiger partial charge in [0.2, 0.25) is 0 Å². The number of hydrogen-bond donors (Lipinski definition) is 1. The van der Waals surface area contributed by atoms with E-state index in [0.29, 0.717) is 12.6 Å². The summed E-state index contributed by atoms with van der Waals surface area (Å²) in [5, 5.41) is 8.44. The molecule has 1 atom stereocenters. The number of carboxylic acid groups (broad SMARTS) is 1. The highest BCUT2D eigenvalue weighted by atomic mass is 16.5. The van der Waals surface area contributed by atoms with Crippen LogP contribution in [-0.4, -0.2) is 47.8 Å². The van der Waals surface area contributed by atoms with Crippen LogP contribution in [0.25, 0.3) is 0 Å². The van der Waals surface area contributed by atoms with Gasteiger partial charge >= 0.3 is 5.97 Å². The summed E-state index contributed by atoms with van der Waals surface area (Å²) >= 11 is 0. The van der Waals surface area contributed by atoms with Gasteiger partial charge in [0.25, 0.3) is 0 Å². The van der Waals surface area contributed by atoms with Crippen LogP contribution in [0.1, 0.15) is 26.7 Å². The maximum Gasteiger partial charge on any atom is 0.305 e. The minimum atomic E-state index is -0.788. The summed E-state index contributed by atoms with van der Waals surface area (Å²) in [7, 11) is 0. The number of likely N-dealkylation sites (tertiary alicyclic amines) is 1. The third kappa shape index (κ3) is 3.64. The summed E-state index contributed by atoms with van der Waals surface area (Å²) in [6, 6.07) is 0.558. The van der Waals surface area contributed by atoms with Gasteiger partial charge in [0, 0.05) is 19.1 Å². The van der Waals surface area contributed by atoms with Crippen LogP contribution in [0.3, 0.4) is 0 Å². The van der Waals surface area contributed by atoms with Gasteiger partial charge < -0.3 is 9.84 Å². The van der Waals surface area contributed by atoms with Crippen molar-refractivity contribution in [1.82, 2.24) is 4.90 Å². The molecule has 0 aromatic carbocycles. The van der Waals surface area contributed by atoms with Crippen LogP contribution in [0.15, 0.2) is 0 Å². The zero-order chi connectivity index (χ0) is 10.6. The number of rotatable bonds is 5. The highest BCUT2D eigenvalue weighted by Crippen LogP contribution is 2.15. The standard InChI is InChI=1S/C10H19NO3/c1-8(2)11-5-3-9(7-11)14-6-4-10(12)13/h8-9H,3-7H2,1-2H3,(H,12,13)/t9-/m1/s1. The third-order valence-electron chi connectivity index (χ3n) is 2.58. The largest absolute Gasteiger partial charge is 0.481 e. The first-order valence-electron chi connectivity index (χ1n) is 5.17. The van der Waals surface area contributed by atoms with E-state index in [-0.39, 0.29) is 12.5 Å². The van der Waals surface area contributed by atoms with Gasteiger partial charge in [-0.15, -0.1) is 0 Å². The van der Waals surface area contributed by atoms with Crippen molar-refractivity contribution >= 4 is 5.97 Å². The van der Waals surface area contributed by atoms with E-state index in [1.165, 1.54) is 0 Å². The minimum Gasteiger partial charge on any atom is -0.481 e. The molecule has 0 aromatic rings. The molecular formula is C10H19NO3. The van der Waals surface area contributed by atoms with Gasteiger partial charge in [0.05, 0.1) is 19.1 Å². The van der Waals surface area contributed by atoms with Crippen molar-refractivity contribution in [2.24, 2.45) is 0 Å². The predicted octanol–water partition coefficient (Wildman–Crippen LogP) is 0.960. The molecule has 0 amide bonds. The van der Waals surface area contributed by atoms with Gasteiger partial charge in [-0.05, 0) is 20.3 Å². The van der Waals surface area contributed by atoms with Crippen molar-refractivity contribution < 1.29 is 14.6 Å². The molecule has 0 radical (unpaired) electrons. The Bertz CT molecular complexity index is 194. The molecule has 4 nitrogen and oxygen atoms in total. The van der Waals surface area contributed by atoms with Crippen LogP contribution in [0.2, 0.25) is 0 Å². The lowest BCUT2D eigenvalue weighted by molar-refractivity contribution is -0.138. The molecule has 0 saturated carbocycles. The summed E-state index contributed by atoms with van der Waals surface area (Å²) in [5.41, 5.74) is 0. The van der Waals surface area contributed by atoms with Crippen molar-refractivity contribution in [2.75, 3.05) is 19.7 Å². The molecule has 4 heteroatoms. The van der Waals surface area contributed by atoms with Gasteiger partial charge in [-0.3, -0.25) is 9.69 Å². The number of carboxylic acids is 1. The Morgan fingerprint density at radius 2 is 2.36 bits per heavy atom. The fourth-order valence-corrected chi connectivity index (χ4v) is 1.67. The molecule has 1 fully saturated rings. The number of aliphatic carboxylic acids is 1. The molecule has 1 saturated heterocycles. The first-order valence-corrected chi connectivity index (χ1v) is 5.17. The summed E-state index contributed by atoms with van der Waals surface area (Å²) in [4.78, 5) is 12.6. The molecule has 1 N–H and O–H groups in total. The van der Waals surface area contributed by atoms with Gasteiger partial charge in [-0.25, -0.2) is 0 Å². The van der Waals surface area contributed by atoms with Gasteiger partial charge in [-0.1, -0.05) is 0 Å². The molecule has 0 aliphatic carbocycles. The Morgan fingerprint density at radius 1 is 1.64 bits per heavy atom. The number of hydrogen-bond acceptors (Lipinski definition) is 3. The van der Waals surface area contributed by atoms with Crippen LogP contribution >= 0.6 is 0 Å².